The van der Waals surface area contributed by atoms with Crippen LogP contribution in [-0.4, -0.2) is 15.9 Å². The van der Waals surface area contributed by atoms with Crippen LogP contribution in [0, 0.1) is 5.95 Å². The summed E-state index contributed by atoms with van der Waals surface area (Å²) in [5.41, 5.74) is 1.55. The fourth-order valence-corrected chi connectivity index (χ4v) is 1.74. The van der Waals surface area contributed by atoms with Crippen molar-refractivity contribution in [1.29, 1.82) is 0 Å². The molecule has 0 unspecified atom stereocenters. The van der Waals surface area contributed by atoms with Crippen LogP contribution in [0.2, 0.25) is 5.15 Å². The monoisotopic (exact) mass is 279 g/mol. The van der Waals surface area contributed by atoms with Crippen molar-refractivity contribution in [3.8, 4) is 0 Å². The Morgan fingerprint density at radius 1 is 1.42 bits per heavy atom. The van der Waals surface area contributed by atoms with Gasteiger partial charge in [-0.2, -0.15) is 4.39 Å². The molecule has 0 aliphatic heterocycles. The van der Waals surface area contributed by atoms with E-state index in [9.17, 15) is 9.18 Å². The highest BCUT2D eigenvalue weighted by molar-refractivity contribution is 6.29. The maximum absolute atomic E-state index is 12.6. The number of nitrogens with one attached hydrogen (secondary N) is 1. The van der Waals surface area contributed by atoms with E-state index in [2.05, 4.69) is 15.3 Å². The molecule has 1 N–H and O–H groups in total. The minimum absolute atomic E-state index is 0.265. The highest BCUT2D eigenvalue weighted by Crippen LogP contribution is 2.14. The molecule has 98 valence electrons. The Morgan fingerprint density at radius 2 is 2.21 bits per heavy atom. The summed E-state index contributed by atoms with van der Waals surface area (Å²) < 4.78 is 12.6. The number of hydrogen-bond acceptors (Lipinski definition) is 3. The van der Waals surface area contributed by atoms with Crippen molar-refractivity contribution in [2.24, 2.45) is 0 Å². The minimum Gasteiger partial charge on any atom is -0.321 e. The molecule has 0 aliphatic carbocycles. The highest BCUT2D eigenvalue weighted by atomic mass is 35.5. The Balaban J connectivity index is 2.20. The first-order valence-electron chi connectivity index (χ1n) is 5.68. The van der Waals surface area contributed by atoms with Gasteiger partial charge in [0.05, 0.1) is 11.9 Å². The van der Waals surface area contributed by atoms with Crippen molar-refractivity contribution in [2.45, 2.75) is 13.3 Å². The maximum atomic E-state index is 12.6. The molecule has 0 atom stereocenters. The molecule has 0 radical (unpaired) electrons. The van der Waals surface area contributed by atoms with Gasteiger partial charge < -0.3 is 5.32 Å². The quantitative estimate of drug-likeness (QED) is 0.879. The van der Waals surface area contributed by atoms with Crippen molar-refractivity contribution in [3.05, 3.63) is 52.8 Å². The number of rotatable bonds is 3. The van der Waals surface area contributed by atoms with E-state index in [1.165, 1.54) is 24.4 Å². The fourth-order valence-electron chi connectivity index (χ4n) is 1.52. The van der Waals surface area contributed by atoms with Crippen molar-refractivity contribution < 1.29 is 9.18 Å². The van der Waals surface area contributed by atoms with Crippen LogP contribution in [0.4, 0.5) is 10.1 Å². The normalized spacial score (nSPS) is 10.3. The molecule has 2 heterocycles. The number of anilines is 1. The van der Waals surface area contributed by atoms with E-state index in [0.717, 1.165) is 5.69 Å². The van der Waals surface area contributed by atoms with Crippen molar-refractivity contribution in [3.63, 3.8) is 0 Å². The van der Waals surface area contributed by atoms with Gasteiger partial charge in [-0.15, -0.1) is 0 Å². The topological polar surface area (TPSA) is 54.9 Å². The molecule has 0 bridgehead atoms. The standard InChI is InChI=1S/C13H11ClFN3O/c1-2-9-5-8(6-11(14)17-9)13(19)18-10-3-4-12(15)16-7-10/h3-7H,2H2,1H3,(H,18,19). The van der Waals surface area contributed by atoms with Gasteiger partial charge in [-0.05, 0) is 30.7 Å². The number of aromatic nitrogens is 2. The summed E-state index contributed by atoms with van der Waals surface area (Å²) in [6, 6.07) is 5.75. The predicted molar refractivity (Wildman–Crippen MR) is 70.8 cm³/mol. The van der Waals surface area contributed by atoms with E-state index in [1.807, 2.05) is 6.92 Å². The molecule has 2 aromatic heterocycles. The molecule has 0 saturated heterocycles. The van der Waals surface area contributed by atoms with Crippen molar-refractivity contribution in [1.82, 2.24) is 9.97 Å². The van der Waals surface area contributed by atoms with Gasteiger partial charge in [0.2, 0.25) is 5.95 Å². The second-order valence-electron chi connectivity index (χ2n) is 3.85. The van der Waals surface area contributed by atoms with Gasteiger partial charge in [-0.1, -0.05) is 18.5 Å². The third kappa shape index (κ3) is 3.48. The number of amides is 1. The van der Waals surface area contributed by atoms with Crippen LogP contribution in [0.15, 0.2) is 30.5 Å². The van der Waals surface area contributed by atoms with Crippen molar-refractivity contribution >= 4 is 23.2 Å². The van der Waals surface area contributed by atoms with Crippen LogP contribution in [0.1, 0.15) is 23.0 Å². The molecule has 19 heavy (non-hydrogen) atoms. The van der Waals surface area contributed by atoms with Gasteiger partial charge in [-0.3, -0.25) is 4.79 Å². The van der Waals surface area contributed by atoms with Gasteiger partial charge in [0.1, 0.15) is 5.15 Å². The largest absolute Gasteiger partial charge is 0.321 e. The van der Waals surface area contributed by atoms with Gasteiger partial charge in [0.15, 0.2) is 0 Å². The summed E-state index contributed by atoms with van der Waals surface area (Å²) in [6.45, 7) is 1.92. The summed E-state index contributed by atoms with van der Waals surface area (Å²) in [6.07, 6.45) is 1.93. The Kier molecular flexibility index (Phi) is 4.06. The molecular formula is C13H11ClFN3O. The molecular weight excluding hydrogens is 269 g/mol. The van der Waals surface area contributed by atoms with E-state index >= 15 is 0 Å². The van der Waals surface area contributed by atoms with E-state index in [4.69, 9.17) is 11.6 Å². The first-order valence-corrected chi connectivity index (χ1v) is 6.05. The first kappa shape index (κ1) is 13.4. The first-order chi connectivity index (χ1) is 9.08. The summed E-state index contributed by atoms with van der Waals surface area (Å²) in [5, 5.41) is 2.87. The Labute approximate surface area is 114 Å². The number of carbonyl (C=O) groups is 1. The molecule has 0 saturated carbocycles. The van der Waals surface area contributed by atoms with E-state index < -0.39 is 5.95 Å². The number of aryl methyl sites for hydroxylation is 1. The minimum atomic E-state index is -0.599. The average molecular weight is 280 g/mol. The van der Waals surface area contributed by atoms with Crippen LogP contribution in [0.3, 0.4) is 0 Å². The van der Waals surface area contributed by atoms with Gasteiger partial charge in [0.25, 0.3) is 5.91 Å². The Hall–Kier alpha value is -2.01. The molecule has 2 aromatic rings. The van der Waals surface area contributed by atoms with Crippen LogP contribution in [0.25, 0.3) is 0 Å². The molecule has 0 aliphatic rings. The lowest BCUT2D eigenvalue weighted by molar-refractivity contribution is 0.102. The fraction of sp³-hybridized carbons (Fsp3) is 0.154. The average Bonchev–Trinajstić information content (AvgIpc) is 2.40. The van der Waals surface area contributed by atoms with Crippen LogP contribution >= 0.6 is 11.6 Å². The molecule has 6 heteroatoms. The molecule has 2 rings (SSSR count). The molecule has 0 aromatic carbocycles. The predicted octanol–water partition coefficient (Wildman–Crippen LogP) is 3.08. The van der Waals surface area contributed by atoms with E-state index in [1.54, 1.807) is 6.07 Å². The number of nitrogens with zero attached hydrogens (tertiary/aromatic N) is 2. The lowest BCUT2D eigenvalue weighted by Gasteiger charge is -2.06. The van der Waals surface area contributed by atoms with Crippen LogP contribution < -0.4 is 5.32 Å². The zero-order valence-electron chi connectivity index (χ0n) is 10.2. The van der Waals surface area contributed by atoms with Crippen LogP contribution in [0.5, 0.6) is 0 Å². The third-order valence-electron chi connectivity index (χ3n) is 2.46. The Bertz CT molecular complexity index is 601. The summed E-state index contributed by atoms with van der Waals surface area (Å²) in [5.74, 6) is -0.939. The molecule has 0 spiro atoms. The van der Waals surface area contributed by atoms with E-state index in [0.29, 0.717) is 17.7 Å². The number of halogens is 2. The SMILES string of the molecule is CCc1cc(C(=O)Nc2ccc(F)nc2)cc(Cl)n1. The van der Waals surface area contributed by atoms with Gasteiger partial charge in [0, 0.05) is 11.3 Å². The number of pyridine rings is 2. The lowest BCUT2D eigenvalue weighted by Crippen LogP contribution is -2.13. The van der Waals surface area contributed by atoms with Crippen molar-refractivity contribution in [2.75, 3.05) is 5.32 Å². The molecule has 4 nitrogen and oxygen atoms in total. The third-order valence-corrected chi connectivity index (χ3v) is 2.65. The smallest absolute Gasteiger partial charge is 0.255 e. The second kappa shape index (κ2) is 5.75. The number of hydrogen-bond donors (Lipinski definition) is 1. The van der Waals surface area contributed by atoms with E-state index in [-0.39, 0.29) is 11.1 Å². The van der Waals surface area contributed by atoms with Crippen LogP contribution in [-0.2, 0) is 6.42 Å². The number of carbonyl (C=O) groups excluding carboxylic acids is 1. The lowest BCUT2D eigenvalue weighted by atomic mass is 10.2. The Morgan fingerprint density at radius 3 is 2.84 bits per heavy atom. The zero-order valence-corrected chi connectivity index (χ0v) is 10.9. The highest BCUT2D eigenvalue weighted by Gasteiger charge is 2.09. The summed E-state index contributed by atoms with van der Waals surface area (Å²) in [7, 11) is 0. The zero-order chi connectivity index (χ0) is 13.8. The summed E-state index contributed by atoms with van der Waals surface area (Å²) in [4.78, 5) is 19.5. The van der Waals surface area contributed by atoms with Gasteiger partial charge in [-0.25, -0.2) is 9.97 Å². The van der Waals surface area contributed by atoms with Gasteiger partial charge >= 0.3 is 0 Å². The molecule has 1 amide bonds. The maximum Gasteiger partial charge on any atom is 0.255 e. The second-order valence-corrected chi connectivity index (χ2v) is 4.23. The molecule has 0 fully saturated rings. The summed E-state index contributed by atoms with van der Waals surface area (Å²) >= 11 is 5.84.